The highest BCUT2D eigenvalue weighted by Crippen LogP contribution is 2.67. The van der Waals surface area contributed by atoms with Crippen LogP contribution in [-0.4, -0.2) is 51.7 Å². The highest BCUT2D eigenvalue weighted by molar-refractivity contribution is 6.01. The number of carbonyl (C=O) groups is 3. The molecule has 3 fully saturated rings. The molecule has 0 aliphatic heterocycles. The standard InChI is InChI=1S/C22H29FO4.C5H10O2/c1-11-6-14-13-8-16(23)15-7-12(25)4-5-21(15,2)20(13)17(26)9-22(14,3)19(11)18(27)10-24;1-2-3-4-5(6)7/h4-5,7,11,13-14,16-17,19-20,24,26H,6,8-10H2,1-3H3;2-4H2,1H3,(H,6,7)/t11-,13+,14+,16+,17+,19-,20-,21+,22+;/m1./s1. The second-order valence-corrected chi connectivity index (χ2v) is 11.2. The van der Waals surface area contributed by atoms with Crippen LogP contribution in [0, 0.1) is 40.4 Å². The minimum atomic E-state index is -1.21. The van der Waals surface area contributed by atoms with Crippen LogP contribution in [0.25, 0.3) is 0 Å². The number of aliphatic hydroxyl groups excluding tert-OH is 2. The number of hydrogen-bond donors (Lipinski definition) is 3. The first kappa shape index (κ1) is 26.7. The molecule has 0 radical (unpaired) electrons. The molecule has 7 heteroatoms. The van der Waals surface area contributed by atoms with Gasteiger partial charge in [-0.2, -0.15) is 0 Å². The van der Waals surface area contributed by atoms with Gasteiger partial charge in [-0.1, -0.05) is 40.2 Å². The van der Waals surface area contributed by atoms with E-state index in [-0.39, 0.29) is 47.6 Å². The van der Waals surface area contributed by atoms with Gasteiger partial charge >= 0.3 is 5.97 Å². The highest BCUT2D eigenvalue weighted by Gasteiger charge is 2.65. The first-order chi connectivity index (χ1) is 15.9. The fourth-order valence-electron chi connectivity index (χ4n) is 7.81. The maximum atomic E-state index is 15.2. The lowest BCUT2D eigenvalue weighted by Crippen LogP contribution is -2.58. The molecule has 3 N–H and O–H groups in total. The normalized spacial score (nSPS) is 42.5. The van der Waals surface area contributed by atoms with Crippen molar-refractivity contribution in [3.8, 4) is 0 Å². The molecular weight excluding hydrogens is 439 g/mol. The van der Waals surface area contributed by atoms with E-state index in [4.69, 9.17) is 5.11 Å². The Morgan fingerprint density at radius 2 is 1.91 bits per heavy atom. The Labute approximate surface area is 201 Å². The molecule has 34 heavy (non-hydrogen) atoms. The van der Waals surface area contributed by atoms with E-state index in [1.54, 1.807) is 6.08 Å². The molecule has 0 aromatic heterocycles. The minimum absolute atomic E-state index is 0.0484. The van der Waals surface area contributed by atoms with Crippen molar-refractivity contribution in [1.29, 1.82) is 0 Å². The van der Waals surface area contributed by atoms with Crippen LogP contribution in [-0.2, 0) is 14.4 Å². The van der Waals surface area contributed by atoms with E-state index in [1.807, 2.05) is 27.7 Å². The number of rotatable bonds is 5. The van der Waals surface area contributed by atoms with Crippen LogP contribution in [0.15, 0.2) is 23.8 Å². The number of aliphatic hydroxyl groups is 2. The molecule has 0 spiro atoms. The Kier molecular flexibility index (Phi) is 7.88. The van der Waals surface area contributed by atoms with Crippen molar-refractivity contribution in [3.63, 3.8) is 0 Å². The van der Waals surface area contributed by atoms with Gasteiger partial charge < -0.3 is 15.3 Å². The third-order valence-corrected chi connectivity index (χ3v) is 9.06. The van der Waals surface area contributed by atoms with Crippen LogP contribution in [0.4, 0.5) is 4.39 Å². The second kappa shape index (κ2) is 10.0. The lowest BCUT2D eigenvalue weighted by Gasteiger charge is -2.59. The molecule has 0 amide bonds. The Morgan fingerprint density at radius 3 is 2.47 bits per heavy atom. The molecule has 6 nitrogen and oxygen atoms in total. The molecule has 0 aromatic rings. The summed E-state index contributed by atoms with van der Waals surface area (Å²) in [6, 6.07) is 0. The van der Waals surface area contributed by atoms with Gasteiger partial charge in [0.15, 0.2) is 11.6 Å². The van der Waals surface area contributed by atoms with Gasteiger partial charge in [-0.05, 0) is 66.6 Å². The average Bonchev–Trinajstić information content (AvgIpc) is 3.03. The zero-order chi connectivity index (χ0) is 25.4. The van der Waals surface area contributed by atoms with Crippen LogP contribution < -0.4 is 0 Å². The largest absolute Gasteiger partial charge is 0.481 e. The summed E-state index contributed by atoms with van der Waals surface area (Å²) in [4.78, 5) is 34.1. The van der Waals surface area contributed by atoms with Crippen molar-refractivity contribution in [2.45, 2.75) is 78.5 Å². The number of carboxylic acid groups (broad SMARTS) is 1. The lowest BCUT2D eigenvalue weighted by atomic mass is 9.46. The number of alkyl halides is 1. The molecule has 9 atom stereocenters. The summed E-state index contributed by atoms with van der Waals surface area (Å²) in [7, 11) is 0. The second-order valence-electron chi connectivity index (χ2n) is 11.2. The zero-order valence-corrected chi connectivity index (χ0v) is 20.7. The van der Waals surface area contributed by atoms with Gasteiger partial charge in [0.05, 0.1) is 6.10 Å². The Hall–Kier alpha value is -1.86. The van der Waals surface area contributed by atoms with Crippen LogP contribution in [0.5, 0.6) is 0 Å². The smallest absolute Gasteiger partial charge is 0.303 e. The van der Waals surface area contributed by atoms with Crippen molar-refractivity contribution in [3.05, 3.63) is 23.8 Å². The third kappa shape index (κ3) is 4.53. The summed E-state index contributed by atoms with van der Waals surface area (Å²) < 4.78 is 15.2. The molecule has 4 aliphatic carbocycles. The third-order valence-electron chi connectivity index (χ3n) is 9.06. The first-order valence-corrected chi connectivity index (χ1v) is 12.5. The first-order valence-electron chi connectivity index (χ1n) is 12.5. The van der Waals surface area contributed by atoms with Gasteiger partial charge in [0, 0.05) is 23.7 Å². The van der Waals surface area contributed by atoms with Crippen LogP contribution in [0.1, 0.15) is 66.2 Å². The summed E-state index contributed by atoms with van der Waals surface area (Å²) in [5.41, 5.74) is -0.599. The topological polar surface area (TPSA) is 112 Å². The van der Waals surface area contributed by atoms with E-state index < -0.39 is 35.7 Å². The van der Waals surface area contributed by atoms with Gasteiger partial charge in [0.2, 0.25) is 0 Å². The number of hydrogen-bond acceptors (Lipinski definition) is 5. The number of aliphatic carboxylic acids is 1. The predicted molar refractivity (Wildman–Crippen MR) is 126 cm³/mol. The van der Waals surface area contributed by atoms with Gasteiger partial charge in [-0.3, -0.25) is 14.4 Å². The van der Waals surface area contributed by atoms with E-state index in [9.17, 15) is 24.6 Å². The fraction of sp³-hybridized carbons (Fsp3) is 0.741. The fourth-order valence-corrected chi connectivity index (χ4v) is 7.81. The molecule has 3 saturated carbocycles. The van der Waals surface area contributed by atoms with Crippen LogP contribution in [0.3, 0.4) is 0 Å². The number of ketones is 2. The van der Waals surface area contributed by atoms with E-state index in [1.165, 1.54) is 12.2 Å². The molecule has 0 heterocycles. The molecule has 0 saturated heterocycles. The molecule has 0 aromatic carbocycles. The Morgan fingerprint density at radius 1 is 1.24 bits per heavy atom. The summed E-state index contributed by atoms with van der Waals surface area (Å²) in [6.07, 6.45) is 6.47. The highest BCUT2D eigenvalue weighted by atomic mass is 19.1. The summed E-state index contributed by atoms with van der Waals surface area (Å²) in [5, 5.41) is 28.7. The molecular formula is C27H39FO6. The number of carboxylic acids is 1. The number of fused-ring (bicyclic) bond motifs is 5. The lowest BCUT2D eigenvalue weighted by molar-refractivity contribution is -0.145. The number of unbranched alkanes of at least 4 members (excludes halogenated alkanes) is 1. The van der Waals surface area contributed by atoms with Gasteiger partial charge in [0.1, 0.15) is 12.8 Å². The average molecular weight is 479 g/mol. The quantitative estimate of drug-likeness (QED) is 0.553. The van der Waals surface area contributed by atoms with Gasteiger partial charge in [-0.15, -0.1) is 0 Å². The van der Waals surface area contributed by atoms with Gasteiger partial charge in [0.25, 0.3) is 0 Å². The van der Waals surface area contributed by atoms with Crippen molar-refractivity contribution in [2.24, 2.45) is 40.4 Å². The van der Waals surface area contributed by atoms with E-state index in [2.05, 4.69) is 0 Å². The molecule has 4 aliphatic rings. The van der Waals surface area contributed by atoms with Crippen molar-refractivity contribution < 1.29 is 34.1 Å². The summed E-state index contributed by atoms with van der Waals surface area (Å²) in [6.45, 7) is 7.50. The molecule has 4 rings (SSSR count). The van der Waals surface area contributed by atoms with Crippen LogP contribution in [0.2, 0.25) is 0 Å². The van der Waals surface area contributed by atoms with E-state index in [0.29, 0.717) is 18.4 Å². The zero-order valence-electron chi connectivity index (χ0n) is 20.7. The van der Waals surface area contributed by atoms with Gasteiger partial charge in [-0.25, -0.2) is 4.39 Å². The van der Waals surface area contributed by atoms with Crippen molar-refractivity contribution in [2.75, 3.05) is 6.61 Å². The van der Waals surface area contributed by atoms with E-state index in [0.717, 1.165) is 19.3 Å². The number of halogens is 1. The monoisotopic (exact) mass is 478 g/mol. The number of Topliss-reactive ketones (excluding diaryl/α,β-unsaturated/α-hetero) is 1. The van der Waals surface area contributed by atoms with Crippen molar-refractivity contribution >= 4 is 17.5 Å². The molecule has 0 bridgehead atoms. The van der Waals surface area contributed by atoms with Crippen molar-refractivity contribution in [1.82, 2.24) is 0 Å². The Balaban J connectivity index is 0.000000406. The summed E-state index contributed by atoms with van der Waals surface area (Å²) >= 11 is 0. The summed E-state index contributed by atoms with van der Waals surface area (Å²) in [5.74, 6) is -1.32. The Bertz CT molecular complexity index is 880. The maximum Gasteiger partial charge on any atom is 0.303 e. The van der Waals surface area contributed by atoms with E-state index >= 15 is 4.39 Å². The minimum Gasteiger partial charge on any atom is -0.481 e. The maximum absolute atomic E-state index is 15.2. The predicted octanol–water partition coefficient (Wildman–Crippen LogP) is 3.90. The number of allylic oxidation sites excluding steroid dienone is 4. The SMILES string of the molecule is CCCCC(=O)O.C[C@@H]1C[C@H]2[C@@H]3C[C@H](F)C4=CC(=O)C=C[C@]4(C)[C@H]3[C@@H](O)C[C@]2(C)[C@H]1C(=O)CO. The molecule has 190 valence electrons. The van der Waals surface area contributed by atoms with Crippen LogP contribution >= 0.6 is 0 Å². The molecule has 0 unspecified atom stereocenters. The number of carbonyl (C=O) groups excluding carboxylic acids is 2.